The van der Waals surface area contributed by atoms with E-state index >= 15 is 0 Å². The Morgan fingerprint density at radius 3 is 2.89 bits per heavy atom. The van der Waals surface area contributed by atoms with Gasteiger partial charge in [0.1, 0.15) is 0 Å². The van der Waals surface area contributed by atoms with Crippen LogP contribution in [-0.4, -0.2) is 47.8 Å². The fourth-order valence-electron chi connectivity index (χ4n) is 2.17. The minimum Gasteiger partial charge on any atom is -0.398 e. The van der Waals surface area contributed by atoms with Crippen molar-refractivity contribution in [3.8, 4) is 0 Å². The van der Waals surface area contributed by atoms with Crippen molar-refractivity contribution in [2.75, 3.05) is 25.4 Å². The molecule has 1 aliphatic heterocycles. The maximum atomic E-state index is 12.3. The summed E-state index contributed by atoms with van der Waals surface area (Å²) < 4.78 is 5.51. The van der Waals surface area contributed by atoms with Crippen LogP contribution in [0.3, 0.4) is 0 Å². The summed E-state index contributed by atoms with van der Waals surface area (Å²) in [4.78, 5) is 14.0. The molecule has 1 saturated heterocycles. The summed E-state index contributed by atoms with van der Waals surface area (Å²) in [6.07, 6.45) is -0.396. The molecule has 0 spiro atoms. The first-order valence-electron chi connectivity index (χ1n) is 6.02. The number of carbonyl (C=O) groups is 1. The number of morpholine rings is 1. The lowest BCUT2D eigenvalue weighted by Crippen LogP contribution is -2.50. The number of hydrogen-bond acceptors (Lipinski definition) is 4. The van der Waals surface area contributed by atoms with Crippen LogP contribution in [0, 0.1) is 0 Å². The molecule has 18 heavy (non-hydrogen) atoms. The molecule has 0 saturated carbocycles. The Hall–Kier alpha value is -1.59. The Bertz CT molecular complexity index is 436. The Morgan fingerprint density at radius 2 is 2.22 bits per heavy atom. The number of nitrogen functional groups attached to an aromatic ring is 1. The van der Waals surface area contributed by atoms with Crippen molar-refractivity contribution in [2.24, 2.45) is 0 Å². The molecule has 1 heterocycles. The minimum atomic E-state index is -0.317. The first kappa shape index (κ1) is 12.9. The number of hydrogen-bond donors (Lipinski definition) is 2. The maximum absolute atomic E-state index is 12.3. The van der Waals surface area contributed by atoms with Crippen LogP contribution in [0.1, 0.15) is 17.3 Å². The van der Waals surface area contributed by atoms with Gasteiger partial charge in [-0.3, -0.25) is 4.79 Å². The van der Waals surface area contributed by atoms with E-state index in [9.17, 15) is 4.79 Å². The van der Waals surface area contributed by atoms with Crippen LogP contribution in [0.2, 0.25) is 0 Å². The van der Waals surface area contributed by atoms with E-state index in [1.54, 1.807) is 29.2 Å². The van der Waals surface area contributed by atoms with Crippen molar-refractivity contribution < 1.29 is 14.6 Å². The predicted molar refractivity (Wildman–Crippen MR) is 68.2 cm³/mol. The third-order valence-corrected chi connectivity index (χ3v) is 3.01. The highest BCUT2D eigenvalue weighted by molar-refractivity contribution is 5.99. The minimum absolute atomic E-state index is 0.0789. The molecule has 2 unspecified atom stereocenters. The summed E-state index contributed by atoms with van der Waals surface area (Å²) >= 11 is 0. The van der Waals surface area contributed by atoms with Gasteiger partial charge in [-0.2, -0.15) is 0 Å². The lowest BCUT2D eigenvalue weighted by molar-refractivity contribution is -0.0858. The van der Waals surface area contributed by atoms with Gasteiger partial charge < -0.3 is 20.5 Å². The van der Waals surface area contributed by atoms with Crippen LogP contribution >= 0.6 is 0 Å². The first-order valence-corrected chi connectivity index (χ1v) is 6.02. The SMILES string of the molecule is CC1CN(C(=O)c2ccccc2N)CC(CO)O1. The smallest absolute Gasteiger partial charge is 0.256 e. The summed E-state index contributed by atoms with van der Waals surface area (Å²) in [5, 5.41) is 9.15. The molecule has 1 aromatic carbocycles. The average molecular weight is 250 g/mol. The number of nitrogens with two attached hydrogens (primary N) is 1. The lowest BCUT2D eigenvalue weighted by atomic mass is 10.1. The van der Waals surface area contributed by atoms with Gasteiger partial charge in [0.15, 0.2) is 0 Å². The molecule has 1 amide bonds. The van der Waals surface area contributed by atoms with Gasteiger partial charge in [0.05, 0.1) is 24.4 Å². The fourth-order valence-corrected chi connectivity index (χ4v) is 2.17. The average Bonchev–Trinajstić information content (AvgIpc) is 2.37. The van der Waals surface area contributed by atoms with Crippen LogP contribution in [0.5, 0.6) is 0 Å². The van der Waals surface area contributed by atoms with E-state index in [0.29, 0.717) is 24.3 Å². The zero-order valence-corrected chi connectivity index (χ0v) is 10.4. The summed E-state index contributed by atoms with van der Waals surface area (Å²) in [6, 6.07) is 7.01. The molecule has 3 N–H and O–H groups in total. The molecule has 0 aliphatic carbocycles. The molecule has 0 radical (unpaired) electrons. The van der Waals surface area contributed by atoms with E-state index < -0.39 is 0 Å². The number of rotatable bonds is 2. The van der Waals surface area contributed by atoms with Crippen molar-refractivity contribution >= 4 is 11.6 Å². The summed E-state index contributed by atoms with van der Waals surface area (Å²) in [5.74, 6) is -0.110. The Balaban J connectivity index is 2.16. The standard InChI is InChI=1S/C13H18N2O3/c1-9-6-15(7-10(8-16)18-9)13(17)11-4-2-3-5-12(11)14/h2-5,9-10,16H,6-8,14H2,1H3. The third kappa shape index (κ3) is 2.63. The Kier molecular flexibility index (Phi) is 3.84. The van der Waals surface area contributed by atoms with Gasteiger partial charge >= 0.3 is 0 Å². The van der Waals surface area contributed by atoms with Gasteiger partial charge in [-0.15, -0.1) is 0 Å². The van der Waals surface area contributed by atoms with E-state index in [2.05, 4.69) is 0 Å². The topological polar surface area (TPSA) is 75.8 Å². The van der Waals surface area contributed by atoms with Crippen LogP contribution < -0.4 is 5.73 Å². The molecule has 2 atom stereocenters. The molecular formula is C13H18N2O3. The number of benzene rings is 1. The van der Waals surface area contributed by atoms with Crippen molar-refractivity contribution in [3.63, 3.8) is 0 Å². The lowest BCUT2D eigenvalue weighted by Gasteiger charge is -2.36. The van der Waals surface area contributed by atoms with Crippen LogP contribution in [0.15, 0.2) is 24.3 Å². The largest absolute Gasteiger partial charge is 0.398 e. The van der Waals surface area contributed by atoms with E-state index in [1.165, 1.54) is 0 Å². The highest BCUT2D eigenvalue weighted by Gasteiger charge is 2.29. The van der Waals surface area contributed by atoms with Gasteiger partial charge in [0, 0.05) is 18.8 Å². The number of amides is 1. The van der Waals surface area contributed by atoms with Crippen molar-refractivity contribution in [3.05, 3.63) is 29.8 Å². The molecule has 5 heteroatoms. The second-order valence-corrected chi connectivity index (χ2v) is 4.55. The molecule has 1 aromatic rings. The first-order chi connectivity index (χ1) is 8.61. The van der Waals surface area contributed by atoms with Gasteiger partial charge in [0.25, 0.3) is 5.91 Å². The quantitative estimate of drug-likeness (QED) is 0.749. The third-order valence-electron chi connectivity index (χ3n) is 3.01. The normalized spacial score (nSPS) is 24.0. The molecule has 5 nitrogen and oxygen atoms in total. The molecule has 0 bridgehead atoms. The van der Waals surface area contributed by atoms with Crippen LogP contribution in [0.4, 0.5) is 5.69 Å². The maximum Gasteiger partial charge on any atom is 0.256 e. The Morgan fingerprint density at radius 1 is 1.50 bits per heavy atom. The van der Waals surface area contributed by atoms with Gasteiger partial charge in [-0.1, -0.05) is 12.1 Å². The number of anilines is 1. The predicted octanol–water partition coefficient (Wildman–Crippen LogP) is 0.491. The number of carbonyl (C=O) groups excluding carboxylic acids is 1. The van der Waals surface area contributed by atoms with Crippen LogP contribution in [-0.2, 0) is 4.74 Å². The molecular weight excluding hydrogens is 232 g/mol. The molecule has 98 valence electrons. The van der Waals surface area contributed by atoms with Gasteiger partial charge in [-0.05, 0) is 19.1 Å². The number of aliphatic hydroxyl groups is 1. The molecule has 1 fully saturated rings. The van der Waals surface area contributed by atoms with Crippen molar-refractivity contribution in [1.29, 1.82) is 0 Å². The van der Waals surface area contributed by atoms with Crippen molar-refractivity contribution in [2.45, 2.75) is 19.1 Å². The number of nitrogens with zero attached hydrogens (tertiary/aromatic N) is 1. The van der Waals surface area contributed by atoms with E-state index in [0.717, 1.165) is 0 Å². The highest BCUT2D eigenvalue weighted by atomic mass is 16.5. The molecule has 2 rings (SSSR count). The summed E-state index contributed by atoms with van der Waals surface area (Å²) in [7, 11) is 0. The number of para-hydroxylation sites is 1. The highest BCUT2D eigenvalue weighted by Crippen LogP contribution is 2.18. The van der Waals surface area contributed by atoms with E-state index in [-0.39, 0.29) is 24.7 Å². The Labute approximate surface area is 106 Å². The molecule has 1 aliphatic rings. The van der Waals surface area contributed by atoms with Crippen molar-refractivity contribution in [1.82, 2.24) is 4.90 Å². The van der Waals surface area contributed by atoms with Gasteiger partial charge in [-0.25, -0.2) is 0 Å². The zero-order valence-electron chi connectivity index (χ0n) is 10.4. The summed E-state index contributed by atoms with van der Waals surface area (Å²) in [6.45, 7) is 2.71. The molecule has 0 aromatic heterocycles. The van der Waals surface area contributed by atoms with Gasteiger partial charge in [0.2, 0.25) is 0 Å². The second kappa shape index (κ2) is 5.37. The van der Waals surface area contributed by atoms with Crippen LogP contribution in [0.25, 0.3) is 0 Å². The summed E-state index contributed by atoms with van der Waals surface area (Å²) in [5.41, 5.74) is 6.78. The second-order valence-electron chi connectivity index (χ2n) is 4.55. The monoisotopic (exact) mass is 250 g/mol. The zero-order chi connectivity index (χ0) is 13.1. The number of ether oxygens (including phenoxy) is 1. The number of aliphatic hydroxyl groups excluding tert-OH is 1. The van der Waals surface area contributed by atoms with E-state index in [1.807, 2.05) is 6.92 Å². The van der Waals surface area contributed by atoms with E-state index in [4.69, 9.17) is 15.6 Å². The fraction of sp³-hybridized carbons (Fsp3) is 0.462.